The molecule has 3 aromatic rings. The number of hydrogen-bond acceptors (Lipinski definition) is 6. The van der Waals surface area contributed by atoms with Gasteiger partial charge in [0.1, 0.15) is 18.5 Å². The first kappa shape index (κ1) is 26.4. The third-order valence-corrected chi connectivity index (χ3v) is 8.66. The fraction of sp³-hybridized carbons (Fsp3) is 0.419. The van der Waals surface area contributed by atoms with E-state index in [2.05, 4.69) is 15.5 Å². The number of alkyl halides is 1. The topological polar surface area (TPSA) is 110 Å². The summed E-state index contributed by atoms with van der Waals surface area (Å²) in [4.78, 5) is 27.5. The van der Waals surface area contributed by atoms with Gasteiger partial charge in [0.25, 0.3) is 0 Å². The van der Waals surface area contributed by atoms with Crippen LogP contribution in [0.1, 0.15) is 56.9 Å². The second-order valence-corrected chi connectivity index (χ2v) is 11.4. The Hall–Kier alpha value is -3.85. The van der Waals surface area contributed by atoms with Gasteiger partial charge in [-0.15, -0.1) is 10.2 Å². The number of nitrogens with zero attached hydrogens (tertiary/aromatic N) is 3. The van der Waals surface area contributed by atoms with Gasteiger partial charge in [-0.2, -0.15) is 0 Å². The van der Waals surface area contributed by atoms with Crippen molar-refractivity contribution >= 4 is 17.8 Å². The van der Waals surface area contributed by atoms with Crippen molar-refractivity contribution in [3.05, 3.63) is 66.2 Å². The van der Waals surface area contributed by atoms with Gasteiger partial charge in [0.2, 0.25) is 5.91 Å². The summed E-state index contributed by atoms with van der Waals surface area (Å²) >= 11 is 0. The van der Waals surface area contributed by atoms with Gasteiger partial charge in [-0.05, 0) is 30.0 Å². The Morgan fingerprint density at radius 3 is 2.40 bits per heavy atom. The van der Waals surface area contributed by atoms with Crippen molar-refractivity contribution in [1.82, 2.24) is 15.1 Å². The summed E-state index contributed by atoms with van der Waals surface area (Å²) in [5.74, 6) is 0.149. The second-order valence-electron chi connectivity index (χ2n) is 11.4. The van der Waals surface area contributed by atoms with E-state index in [9.17, 15) is 14.0 Å². The molecule has 1 aromatic heterocycles. The molecular formula is C31H34FN5O3. The number of carbonyl (C=O) groups is 2. The fourth-order valence-electron chi connectivity index (χ4n) is 6.49. The summed E-state index contributed by atoms with van der Waals surface area (Å²) in [6, 6.07) is 19.4. The summed E-state index contributed by atoms with van der Waals surface area (Å²) < 4.78 is 18.7. The number of halogens is 1. The zero-order valence-electron chi connectivity index (χ0n) is 22.4. The SMILES string of the molecule is NC1(c2ccc(-c3nnc(NC(=O)CC4(N5CCOC5=O)CCCCC4)cc3-c3ccccc3)cc2)CC(F)C1. The first-order valence-electron chi connectivity index (χ1n) is 14.1. The number of anilines is 1. The number of carbonyl (C=O) groups excluding carboxylic acids is 2. The molecule has 1 aliphatic heterocycles. The molecule has 0 atom stereocenters. The Kier molecular flexibility index (Phi) is 7.00. The summed E-state index contributed by atoms with van der Waals surface area (Å²) in [5, 5.41) is 11.8. The first-order chi connectivity index (χ1) is 19.4. The number of hydrogen-bond donors (Lipinski definition) is 2. The number of nitrogens with two attached hydrogens (primary N) is 1. The Bertz CT molecular complexity index is 1390. The van der Waals surface area contributed by atoms with E-state index in [1.807, 2.05) is 60.7 Å². The van der Waals surface area contributed by atoms with Crippen molar-refractivity contribution in [1.29, 1.82) is 0 Å². The van der Waals surface area contributed by atoms with Crippen molar-refractivity contribution in [3.63, 3.8) is 0 Å². The molecule has 3 N–H and O–H groups in total. The average Bonchev–Trinajstić information content (AvgIpc) is 3.40. The molecule has 2 aliphatic carbocycles. The third kappa shape index (κ3) is 5.06. The van der Waals surface area contributed by atoms with Gasteiger partial charge in [-0.3, -0.25) is 9.69 Å². The summed E-state index contributed by atoms with van der Waals surface area (Å²) in [5.41, 5.74) is 9.40. The van der Waals surface area contributed by atoms with Gasteiger partial charge in [0, 0.05) is 29.5 Å². The number of cyclic esters (lactones) is 1. The van der Waals surface area contributed by atoms with E-state index in [-0.39, 0.29) is 18.4 Å². The Labute approximate surface area is 233 Å². The van der Waals surface area contributed by atoms with Crippen molar-refractivity contribution in [2.24, 2.45) is 5.73 Å². The monoisotopic (exact) mass is 543 g/mol. The van der Waals surface area contributed by atoms with E-state index in [0.717, 1.165) is 54.4 Å². The zero-order valence-corrected chi connectivity index (χ0v) is 22.4. The predicted molar refractivity (Wildman–Crippen MR) is 150 cm³/mol. The van der Waals surface area contributed by atoms with Gasteiger partial charge < -0.3 is 15.8 Å². The van der Waals surface area contributed by atoms with Gasteiger partial charge in [-0.1, -0.05) is 73.9 Å². The van der Waals surface area contributed by atoms with Gasteiger partial charge in [-0.25, -0.2) is 9.18 Å². The molecule has 3 fully saturated rings. The molecule has 0 bridgehead atoms. The van der Waals surface area contributed by atoms with Crippen LogP contribution in [0.2, 0.25) is 0 Å². The average molecular weight is 544 g/mol. The molecule has 6 rings (SSSR count). The predicted octanol–water partition coefficient (Wildman–Crippen LogP) is 5.58. The highest BCUT2D eigenvalue weighted by molar-refractivity contribution is 5.92. The smallest absolute Gasteiger partial charge is 0.410 e. The fourth-order valence-corrected chi connectivity index (χ4v) is 6.49. The molecule has 1 saturated heterocycles. The summed E-state index contributed by atoms with van der Waals surface area (Å²) in [7, 11) is 0. The van der Waals surface area contributed by atoms with Crippen LogP contribution in [0.5, 0.6) is 0 Å². The second kappa shape index (κ2) is 10.6. The first-order valence-corrected chi connectivity index (χ1v) is 14.1. The molecule has 9 heteroatoms. The quantitative estimate of drug-likeness (QED) is 0.403. The number of benzene rings is 2. The van der Waals surface area contributed by atoms with Crippen molar-refractivity contribution in [2.45, 2.75) is 68.6 Å². The van der Waals surface area contributed by atoms with Crippen LogP contribution < -0.4 is 11.1 Å². The third-order valence-electron chi connectivity index (χ3n) is 8.66. The summed E-state index contributed by atoms with van der Waals surface area (Å²) in [6.45, 7) is 0.871. The van der Waals surface area contributed by atoms with E-state index in [0.29, 0.717) is 37.5 Å². The highest BCUT2D eigenvalue weighted by atomic mass is 19.1. The van der Waals surface area contributed by atoms with Crippen LogP contribution in [0.3, 0.4) is 0 Å². The Morgan fingerprint density at radius 2 is 1.75 bits per heavy atom. The standard InChI is InChI=1S/C31H34FN5O3/c32-24-18-31(33,19-24)23-11-9-22(10-12-23)28-25(21-7-3-1-4-8-21)17-26(35-36-28)34-27(38)20-30(13-5-2-6-14-30)37-15-16-40-29(37)39/h1,3-4,7-12,17,24H,2,5-6,13-16,18-20,33H2,(H,34,35,38). The van der Waals surface area contributed by atoms with Crippen molar-refractivity contribution in [2.75, 3.05) is 18.5 Å². The van der Waals surface area contributed by atoms with Crippen LogP contribution in [0.25, 0.3) is 22.4 Å². The van der Waals surface area contributed by atoms with Gasteiger partial charge in [0.05, 0.1) is 18.5 Å². The maximum absolute atomic E-state index is 13.5. The molecular weight excluding hydrogens is 509 g/mol. The van der Waals surface area contributed by atoms with E-state index in [4.69, 9.17) is 10.5 Å². The molecule has 0 spiro atoms. The molecule has 40 heavy (non-hydrogen) atoms. The summed E-state index contributed by atoms with van der Waals surface area (Å²) in [6.07, 6.45) is 4.27. The molecule has 3 aliphatic rings. The largest absolute Gasteiger partial charge is 0.448 e. The normalized spacial score (nSPS) is 23.8. The maximum atomic E-state index is 13.5. The van der Waals surface area contributed by atoms with Crippen LogP contribution in [0, 0.1) is 0 Å². The van der Waals surface area contributed by atoms with E-state index in [1.54, 1.807) is 4.90 Å². The van der Waals surface area contributed by atoms with Crippen LogP contribution in [0.4, 0.5) is 15.0 Å². The van der Waals surface area contributed by atoms with Crippen LogP contribution >= 0.6 is 0 Å². The minimum absolute atomic E-state index is 0.189. The Balaban J connectivity index is 1.26. The lowest BCUT2D eigenvalue weighted by molar-refractivity contribution is -0.119. The number of aromatic nitrogens is 2. The lowest BCUT2D eigenvalue weighted by Crippen LogP contribution is -2.52. The van der Waals surface area contributed by atoms with E-state index in [1.165, 1.54) is 0 Å². The molecule has 2 heterocycles. The number of nitrogens with one attached hydrogen (secondary N) is 1. The Morgan fingerprint density at radius 1 is 1.02 bits per heavy atom. The zero-order chi connectivity index (χ0) is 27.7. The minimum Gasteiger partial charge on any atom is -0.448 e. The molecule has 0 radical (unpaired) electrons. The number of amides is 2. The van der Waals surface area contributed by atoms with Crippen LogP contribution in [-0.4, -0.2) is 52.0 Å². The molecule has 208 valence electrons. The van der Waals surface area contributed by atoms with Crippen LogP contribution in [-0.2, 0) is 15.1 Å². The highest BCUT2D eigenvalue weighted by Gasteiger charge is 2.45. The number of ether oxygens (including phenoxy) is 1. The van der Waals surface area contributed by atoms with Crippen LogP contribution in [0.15, 0.2) is 60.7 Å². The van der Waals surface area contributed by atoms with E-state index < -0.39 is 17.2 Å². The molecule has 8 nitrogen and oxygen atoms in total. The molecule has 2 aromatic carbocycles. The van der Waals surface area contributed by atoms with Crippen molar-refractivity contribution < 1.29 is 18.7 Å². The van der Waals surface area contributed by atoms with Gasteiger partial charge >= 0.3 is 6.09 Å². The van der Waals surface area contributed by atoms with Crippen molar-refractivity contribution in [3.8, 4) is 22.4 Å². The molecule has 0 unspecified atom stereocenters. The lowest BCUT2D eigenvalue weighted by atomic mass is 9.71. The molecule has 2 amide bonds. The highest BCUT2D eigenvalue weighted by Crippen LogP contribution is 2.42. The van der Waals surface area contributed by atoms with Gasteiger partial charge in [0.15, 0.2) is 5.82 Å². The lowest BCUT2D eigenvalue weighted by Gasteiger charge is -2.42. The maximum Gasteiger partial charge on any atom is 0.410 e. The minimum atomic E-state index is -0.847. The van der Waals surface area contributed by atoms with E-state index >= 15 is 0 Å². The number of rotatable bonds is 7. The molecule has 2 saturated carbocycles.